The van der Waals surface area contributed by atoms with Gasteiger partial charge in [0.2, 0.25) is 5.91 Å². The molecule has 2 atom stereocenters. The molecule has 0 spiro atoms. The summed E-state index contributed by atoms with van der Waals surface area (Å²) >= 11 is 0. The lowest BCUT2D eigenvalue weighted by molar-refractivity contribution is -0.123. The fourth-order valence-electron chi connectivity index (χ4n) is 7.24. The number of carbonyl (C=O) groups is 1. The zero-order valence-corrected chi connectivity index (χ0v) is 34.2. The van der Waals surface area contributed by atoms with E-state index in [4.69, 9.17) is 0 Å². The van der Waals surface area contributed by atoms with Gasteiger partial charge in [0.15, 0.2) is 0 Å². The third-order valence-corrected chi connectivity index (χ3v) is 10.8. The van der Waals surface area contributed by atoms with Crippen molar-refractivity contribution in [3.05, 3.63) is 12.2 Å². The van der Waals surface area contributed by atoms with Crippen molar-refractivity contribution < 1.29 is 15.0 Å². The highest BCUT2D eigenvalue weighted by Crippen LogP contribution is 2.17. The molecule has 3 N–H and O–H groups in total. The van der Waals surface area contributed by atoms with Crippen LogP contribution in [0.4, 0.5) is 0 Å². The lowest BCUT2D eigenvalue weighted by atomic mass is 10.0. The maximum Gasteiger partial charge on any atom is 0.220 e. The highest BCUT2D eigenvalue weighted by Gasteiger charge is 2.20. The third-order valence-electron chi connectivity index (χ3n) is 10.8. The van der Waals surface area contributed by atoms with E-state index in [9.17, 15) is 15.0 Å². The van der Waals surface area contributed by atoms with Crippen molar-refractivity contribution in [2.75, 3.05) is 6.61 Å². The minimum atomic E-state index is -0.662. The van der Waals surface area contributed by atoms with Crippen LogP contribution in [-0.2, 0) is 4.79 Å². The second-order valence-corrected chi connectivity index (χ2v) is 15.8. The lowest BCUT2D eigenvalue weighted by Gasteiger charge is -2.22. The van der Waals surface area contributed by atoms with Crippen LogP contribution in [0.25, 0.3) is 0 Å². The molecule has 2 unspecified atom stereocenters. The minimum Gasteiger partial charge on any atom is -0.394 e. The fourth-order valence-corrected chi connectivity index (χ4v) is 7.24. The van der Waals surface area contributed by atoms with Crippen molar-refractivity contribution in [2.24, 2.45) is 0 Å². The number of allylic oxidation sites excluding steroid dienone is 2. The van der Waals surface area contributed by atoms with Gasteiger partial charge in [-0.05, 0) is 38.5 Å². The molecule has 4 nitrogen and oxygen atoms in total. The smallest absolute Gasteiger partial charge is 0.220 e. The van der Waals surface area contributed by atoms with Crippen molar-refractivity contribution in [1.82, 2.24) is 5.32 Å². The highest BCUT2D eigenvalue weighted by atomic mass is 16.3. The van der Waals surface area contributed by atoms with Gasteiger partial charge in [0.25, 0.3) is 0 Å². The molecule has 0 aliphatic rings. The molecule has 0 aromatic heterocycles. The molecule has 0 heterocycles. The Bertz CT molecular complexity index is 680. The first-order valence-electron chi connectivity index (χ1n) is 22.9. The lowest BCUT2D eigenvalue weighted by Crippen LogP contribution is -2.45. The maximum absolute atomic E-state index is 12.4. The normalized spacial score (nSPS) is 13.0. The quantitative estimate of drug-likeness (QED) is 0.0437. The summed E-state index contributed by atoms with van der Waals surface area (Å²) in [5.74, 6) is -0.0449. The molecular weight excluding hydrogens is 615 g/mol. The van der Waals surface area contributed by atoms with Crippen LogP contribution >= 0.6 is 0 Å². The topological polar surface area (TPSA) is 69.6 Å². The molecule has 0 fully saturated rings. The van der Waals surface area contributed by atoms with E-state index in [2.05, 4.69) is 31.3 Å². The van der Waals surface area contributed by atoms with E-state index in [1.165, 1.54) is 193 Å². The molecule has 0 aromatic carbocycles. The number of hydrogen-bond donors (Lipinski definition) is 3. The largest absolute Gasteiger partial charge is 0.394 e. The summed E-state index contributed by atoms with van der Waals surface area (Å²) in [5.41, 5.74) is 0. The van der Waals surface area contributed by atoms with Crippen LogP contribution in [-0.4, -0.2) is 34.9 Å². The third kappa shape index (κ3) is 38.4. The average Bonchev–Trinajstić information content (AvgIpc) is 3.12. The van der Waals surface area contributed by atoms with Crippen LogP contribution in [0.2, 0.25) is 0 Å². The Kier molecular flexibility index (Phi) is 41.8. The molecule has 0 saturated heterocycles. The Morgan fingerprint density at radius 2 is 0.760 bits per heavy atom. The number of carbonyl (C=O) groups excluding carboxylic acids is 1. The second-order valence-electron chi connectivity index (χ2n) is 15.8. The SMILES string of the molecule is CCCCCCCC/C=C\CCCCCC(=O)NC(CO)C(O)CCCCCCCCCCCCCCCCCCCCCCCCCCC. The van der Waals surface area contributed by atoms with Gasteiger partial charge in [-0.2, -0.15) is 0 Å². The Balaban J connectivity index is 3.45. The standard InChI is InChI=1S/C46H91NO3/c1-3-5-7-9-11-13-15-17-18-19-20-21-22-23-24-25-26-27-28-30-31-33-35-37-39-41-45(49)44(43-48)47-46(50)42-40-38-36-34-32-29-16-14-12-10-8-6-4-2/h29,32,44-45,48-49H,3-28,30-31,33-43H2,1-2H3,(H,47,50)/b32-29-. The molecule has 0 aliphatic heterocycles. The van der Waals surface area contributed by atoms with E-state index in [1.54, 1.807) is 0 Å². The summed E-state index contributed by atoms with van der Waals surface area (Å²) in [6.45, 7) is 4.36. The molecule has 0 aromatic rings. The van der Waals surface area contributed by atoms with E-state index in [1.807, 2.05) is 0 Å². The Morgan fingerprint density at radius 1 is 0.460 bits per heavy atom. The second kappa shape index (κ2) is 42.5. The summed E-state index contributed by atoms with van der Waals surface area (Å²) in [6.07, 6.45) is 53.0. The number of aliphatic hydroxyl groups is 2. The molecule has 1 amide bonds. The average molecular weight is 706 g/mol. The van der Waals surface area contributed by atoms with Gasteiger partial charge in [-0.1, -0.05) is 225 Å². The fraction of sp³-hybridized carbons (Fsp3) is 0.935. The first kappa shape index (κ1) is 49.1. The molecule has 0 bridgehead atoms. The van der Waals surface area contributed by atoms with Crippen LogP contribution < -0.4 is 5.32 Å². The number of nitrogens with one attached hydrogen (secondary N) is 1. The van der Waals surface area contributed by atoms with Gasteiger partial charge in [0.05, 0.1) is 18.8 Å². The maximum atomic E-state index is 12.4. The molecular formula is C46H91NO3. The van der Waals surface area contributed by atoms with Gasteiger partial charge in [0.1, 0.15) is 0 Å². The summed E-state index contributed by atoms with van der Waals surface area (Å²) in [7, 11) is 0. The van der Waals surface area contributed by atoms with Crippen LogP contribution in [0.15, 0.2) is 12.2 Å². The predicted molar refractivity (Wildman–Crippen MR) is 221 cm³/mol. The van der Waals surface area contributed by atoms with Crippen molar-refractivity contribution in [3.8, 4) is 0 Å². The zero-order chi connectivity index (χ0) is 36.4. The van der Waals surface area contributed by atoms with E-state index >= 15 is 0 Å². The molecule has 50 heavy (non-hydrogen) atoms. The van der Waals surface area contributed by atoms with Crippen LogP contribution in [0, 0.1) is 0 Å². The first-order valence-corrected chi connectivity index (χ1v) is 22.9. The van der Waals surface area contributed by atoms with Crippen molar-refractivity contribution in [1.29, 1.82) is 0 Å². The minimum absolute atomic E-state index is 0.0449. The number of aliphatic hydroxyl groups excluding tert-OH is 2. The van der Waals surface area contributed by atoms with Gasteiger partial charge in [0, 0.05) is 6.42 Å². The Hall–Kier alpha value is -0.870. The highest BCUT2D eigenvalue weighted by molar-refractivity contribution is 5.76. The summed E-state index contributed by atoms with van der Waals surface area (Å²) < 4.78 is 0. The molecule has 0 saturated carbocycles. The summed E-state index contributed by atoms with van der Waals surface area (Å²) in [4.78, 5) is 12.4. The van der Waals surface area contributed by atoms with E-state index in [0.717, 1.165) is 38.5 Å². The Labute approximate surface area is 314 Å². The predicted octanol–water partition coefficient (Wildman–Crippen LogP) is 14.2. The van der Waals surface area contributed by atoms with Crippen LogP contribution in [0.1, 0.15) is 258 Å². The van der Waals surface area contributed by atoms with Crippen molar-refractivity contribution in [3.63, 3.8) is 0 Å². The van der Waals surface area contributed by atoms with E-state index in [0.29, 0.717) is 12.8 Å². The number of hydrogen-bond acceptors (Lipinski definition) is 3. The van der Waals surface area contributed by atoms with Gasteiger partial charge in [-0.15, -0.1) is 0 Å². The molecule has 298 valence electrons. The van der Waals surface area contributed by atoms with Gasteiger partial charge >= 0.3 is 0 Å². The van der Waals surface area contributed by atoms with E-state index < -0.39 is 12.1 Å². The summed E-state index contributed by atoms with van der Waals surface area (Å²) in [6, 6.07) is -0.540. The molecule has 0 rings (SSSR count). The van der Waals surface area contributed by atoms with Gasteiger partial charge in [-0.3, -0.25) is 4.79 Å². The van der Waals surface area contributed by atoms with Crippen LogP contribution in [0.5, 0.6) is 0 Å². The number of unbranched alkanes of at least 4 members (excludes halogenated alkanes) is 33. The van der Waals surface area contributed by atoms with E-state index in [-0.39, 0.29) is 12.5 Å². The Morgan fingerprint density at radius 3 is 1.10 bits per heavy atom. The van der Waals surface area contributed by atoms with Crippen molar-refractivity contribution >= 4 is 5.91 Å². The first-order chi connectivity index (χ1) is 24.7. The molecule has 0 aliphatic carbocycles. The van der Waals surface area contributed by atoms with Gasteiger partial charge in [-0.25, -0.2) is 0 Å². The van der Waals surface area contributed by atoms with Crippen LogP contribution in [0.3, 0.4) is 0 Å². The zero-order valence-electron chi connectivity index (χ0n) is 34.2. The monoisotopic (exact) mass is 706 g/mol. The summed E-state index contributed by atoms with van der Waals surface area (Å²) in [5, 5.41) is 23.2. The molecule has 4 heteroatoms. The number of rotatable bonds is 42. The molecule has 0 radical (unpaired) electrons. The van der Waals surface area contributed by atoms with Crippen molar-refractivity contribution in [2.45, 2.75) is 270 Å². The number of amides is 1. The van der Waals surface area contributed by atoms with Gasteiger partial charge < -0.3 is 15.5 Å².